The number of piperidine rings is 1. The molecule has 4 aliphatic heterocycles. The molecule has 0 unspecified atom stereocenters. The Kier molecular flexibility index (Phi) is 23.2. The summed E-state index contributed by atoms with van der Waals surface area (Å²) >= 11 is 0. The molecule has 432 valence electrons. The van der Waals surface area contributed by atoms with Crippen LogP contribution in [0.15, 0.2) is 47.6 Å². The molecule has 4 heterocycles. The van der Waals surface area contributed by atoms with Gasteiger partial charge in [-0.25, -0.2) is 4.79 Å². The minimum Gasteiger partial charge on any atom is -0.462 e. The van der Waals surface area contributed by atoms with Crippen LogP contribution in [0.3, 0.4) is 0 Å². The Morgan fingerprint density at radius 1 is 0.818 bits per heavy atom. The summed E-state index contributed by atoms with van der Waals surface area (Å²) in [5.74, 6) is -10.0. The highest BCUT2D eigenvalue weighted by Crippen LogP contribution is 2.39. The van der Waals surface area contributed by atoms with Gasteiger partial charge in [0.05, 0.1) is 25.4 Å². The minimum atomic E-state index is -2.46. The van der Waals surface area contributed by atoms with Crippen molar-refractivity contribution in [3.8, 4) is 0 Å². The number of Topliss-reactive ketones (excluding diaryl/α,β-unsaturated/α-hetero) is 3. The van der Waals surface area contributed by atoms with Crippen molar-refractivity contribution in [3.63, 3.8) is 0 Å². The molecule has 2 bridgehead atoms. The van der Waals surface area contributed by atoms with Crippen LogP contribution in [0, 0.1) is 40.9 Å². The van der Waals surface area contributed by atoms with E-state index in [0.29, 0.717) is 76.2 Å². The van der Waals surface area contributed by atoms with Crippen LogP contribution in [0.2, 0.25) is 0 Å². The maximum atomic E-state index is 14.6. The number of amides is 1. The van der Waals surface area contributed by atoms with Crippen molar-refractivity contribution in [2.75, 3.05) is 34.0 Å². The molecule has 5 aliphatic rings. The third kappa shape index (κ3) is 17.1. The first-order valence-corrected chi connectivity index (χ1v) is 28.2. The number of esters is 3. The summed E-state index contributed by atoms with van der Waals surface area (Å²) in [5, 5.41) is 12.1. The summed E-state index contributed by atoms with van der Waals surface area (Å²) in [7, 11) is 2.96. The minimum absolute atomic E-state index is 0.0239. The van der Waals surface area contributed by atoms with Gasteiger partial charge >= 0.3 is 17.9 Å². The van der Waals surface area contributed by atoms with Crippen molar-refractivity contribution in [2.45, 2.75) is 214 Å². The van der Waals surface area contributed by atoms with Gasteiger partial charge in [-0.15, -0.1) is 0 Å². The fraction of sp³-hybridized carbons (Fsp3) is 0.750. The van der Waals surface area contributed by atoms with Gasteiger partial charge in [-0.2, -0.15) is 0 Å². The molecule has 0 spiro atoms. The molecule has 0 aromatic heterocycles. The van der Waals surface area contributed by atoms with Crippen LogP contribution >= 0.6 is 0 Å². The first-order valence-electron chi connectivity index (χ1n) is 28.2. The molecule has 1 N–H and O–H groups in total. The van der Waals surface area contributed by atoms with E-state index < -0.39 is 94.9 Å². The third-order valence-corrected chi connectivity index (χ3v) is 16.6. The molecular formula is C60H91NO16. The third-order valence-electron chi connectivity index (χ3n) is 16.6. The van der Waals surface area contributed by atoms with Crippen LogP contribution in [0.5, 0.6) is 0 Å². The fourth-order valence-electron chi connectivity index (χ4n) is 11.4. The van der Waals surface area contributed by atoms with Crippen molar-refractivity contribution < 1.29 is 76.6 Å². The number of fused-ring (bicyclic) bond motifs is 3. The number of hydrogen-bond donors (Lipinski definition) is 1. The van der Waals surface area contributed by atoms with Crippen LogP contribution < -0.4 is 0 Å². The topological polar surface area (TPSA) is 217 Å². The number of methoxy groups -OCH3 is 2. The van der Waals surface area contributed by atoms with Crippen LogP contribution in [0.4, 0.5) is 0 Å². The largest absolute Gasteiger partial charge is 0.462 e. The number of carbonyl (C=O) groups is 7. The number of aliphatic hydroxyl groups is 1. The number of carbonyl (C=O) groups excluding carboxylic acids is 7. The average Bonchev–Trinajstić information content (AvgIpc) is 3.39. The van der Waals surface area contributed by atoms with Crippen molar-refractivity contribution in [3.05, 3.63) is 47.6 Å². The summed E-state index contributed by atoms with van der Waals surface area (Å²) in [4.78, 5) is 99.2. The van der Waals surface area contributed by atoms with E-state index in [2.05, 4.69) is 0 Å². The molecule has 17 heteroatoms. The van der Waals surface area contributed by atoms with Crippen LogP contribution in [0.1, 0.15) is 160 Å². The van der Waals surface area contributed by atoms with Gasteiger partial charge in [0.1, 0.15) is 29.4 Å². The van der Waals surface area contributed by atoms with Gasteiger partial charge in [0.25, 0.3) is 11.7 Å². The Bertz CT molecular complexity index is 2200. The maximum absolute atomic E-state index is 14.6. The molecule has 0 aromatic rings. The first kappa shape index (κ1) is 63.4. The van der Waals surface area contributed by atoms with Gasteiger partial charge in [-0.1, -0.05) is 71.1 Å². The average molecular weight is 1080 g/mol. The Morgan fingerprint density at radius 2 is 1.49 bits per heavy atom. The van der Waals surface area contributed by atoms with E-state index in [4.69, 9.17) is 37.9 Å². The molecule has 12 atom stereocenters. The summed E-state index contributed by atoms with van der Waals surface area (Å²) in [6, 6.07) is -1.18. The molecule has 77 heavy (non-hydrogen) atoms. The van der Waals surface area contributed by atoms with Crippen molar-refractivity contribution >= 4 is 41.2 Å². The smallest absolute Gasteiger partial charge is 0.329 e. The summed E-state index contributed by atoms with van der Waals surface area (Å²) in [5.41, 5.74) is 0.363. The van der Waals surface area contributed by atoms with E-state index in [1.54, 1.807) is 54.7 Å². The van der Waals surface area contributed by atoms with Crippen molar-refractivity contribution in [2.24, 2.45) is 40.9 Å². The normalized spacial score (nSPS) is 37.4. The van der Waals surface area contributed by atoms with E-state index in [1.807, 2.05) is 58.1 Å². The van der Waals surface area contributed by atoms with Crippen molar-refractivity contribution in [1.82, 2.24) is 4.90 Å². The highest BCUT2D eigenvalue weighted by atomic mass is 16.7. The predicted molar refractivity (Wildman–Crippen MR) is 286 cm³/mol. The molecule has 4 fully saturated rings. The number of nitrogens with zero attached hydrogens (tertiary/aromatic N) is 1. The first-order chi connectivity index (χ1) is 36.2. The number of hydrogen-bond acceptors (Lipinski definition) is 16. The van der Waals surface area contributed by atoms with Gasteiger partial charge < -0.3 is 47.9 Å². The standard InChI is InChI=1S/C60H91NO16/c1-36-19-15-14-16-20-37(2)49(70-12)32-46-25-22-42(7)60(69,77-46)54(65)55(66)61-28-18-17-21-47(61)56(67)76-50(33-48(63)38(3)30-41(6)52(74-43(8)62)53(71-13)51(64)40(5)29-36)39(4)31-44-23-26-45(27-24-44)75-57(68)59(11)34-72-58(9,10)73-35-59/h14-16,19-20,30,36,38-40,42,44-47,49-50,52-53,69H,17-18,21-29,31-35H2,1-13H3/b16-14+,19-15+,37-20+,41-30+/t36-,38-,39-,40-,42-,44?,45?,46+,47+,49+,50+,52-,53+,60-/m1/s1. The van der Waals surface area contributed by atoms with Crippen LogP contribution in [0.25, 0.3) is 0 Å². The van der Waals surface area contributed by atoms with Gasteiger partial charge in [0.15, 0.2) is 23.8 Å². The van der Waals surface area contributed by atoms with E-state index in [0.717, 1.165) is 5.57 Å². The quantitative estimate of drug-likeness (QED) is 0.104. The monoisotopic (exact) mass is 1080 g/mol. The SMILES string of the molecule is CO[C@H]1C[C@@H]2CC[C@@H](C)[C@@](O)(O2)C(=O)C(=O)N2CCCC[C@H]2C(=O)O[C@H]([C@H](C)CC2CCC(OC(=O)C3(C)COC(C)(C)OC3)CC2)CC(=O)[C@H](C)/C=C(\C)[C@@H](OC(C)=O)[C@@H](OC)C(=O)[C@H](C)C[C@H](C)/C=C/C=C/C=C/1C. The highest BCUT2D eigenvalue weighted by Gasteiger charge is 2.53. The molecule has 17 nitrogen and oxygen atoms in total. The Morgan fingerprint density at radius 3 is 2.13 bits per heavy atom. The number of allylic oxidation sites excluding steroid dienone is 6. The second kappa shape index (κ2) is 28.2. The lowest BCUT2D eigenvalue weighted by Crippen LogP contribution is -2.61. The number of rotatable bonds is 8. The van der Waals surface area contributed by atoms with Gasteiger partial charge in [-0.05, 0) is 134 Å². The lowest BCUT2D eigenvalue weighted by Gasteiger charge is -2.42. The molecule has 3 saturated heterocycles. The zero-order valence-corrected chi connectivity index (χ0v) is 48.3. The maximum Gasteiger partial charge on any atom is 0.329 e. The lowest BCUT2D eigenvalue weighted by molar-refractivity contribution is -0.282. The second-order valence-corrected chi connectivity index (χ2v) is 23.7. The molecule has 5 rings (SSSR count). The number of cyclic esters (lactones) is 1. The number of ether oxygens (including phenoxy) is 8. The summed E-state index contributed by atoms with van der Waals surface area (Å²) in [6.45, 7) is 19.7. The van der Waals surface area contributed by atoms with Gasteiger partial charge in [0.2, 0.25) is 5.79 Å². The van der Waals surface area contributed by atoms with E-state index >= 15 is 0 Å². The van der Waals surface area contributed by atoms with Crippen molar-refractivity contribution in [1.29, 1.82) is 0 Å². The van der Waals surface area contributed by atoms with E-state index in [-0.39, 0.29) is 74.0 Å². The zero-order valence-electron chi connectivity index (χ0n) is 48.3. The predicted octanol–water partition coefficient (Wildman–Crippen LogP) is 8.47. The van der Waals surface area contributed by atoms with E-state index in [1.165, 1.54) is 18.9 Å². The van der Waals surface area contributed by atoms with Crippen LogP contribution in [-0.2, 0) is 71.5 Å². The fourth-order valence-corrected chi connectivity index (χ4v) is 11.4. The molecule has 1 aliphatic carbocycles. The molecule has 1 amide bonds. The zero-order chi connectivity index (χ0) is 57.0. The van der Waals surface area contributed by atoms with E-state index in [9.17, 15) is 38.7 Å². The van der Waals surface area contributed by atoms with Gasteiger partial charge in [-0.3, -0.25) is 28.8 Å². The molecular weight excluding hydrogens is 991 g/mol. The summed E-state index contributed by atoms with van der Waals surface area (Å²) in [6.07, 6.45) is 12.5. The van der Waals surface area contributed by atoms with Gasteiger partial charge in [0, 0.05) is 58.3 Å². The molecule has 0 aromatic carbocycles. The molecule has 0 radical (unpaired) electrons. The Labute approximate surface area is 457 Å². The Balaban J connectivity index is 1.44. The summed E-state index contributed by atoms with van der Waals surface area (Å²) < 4.78 is 47.5. The molecule has 1 saturated carbocycles. The van der Waals surface area contributed by atoms with Crippen LogP contribution in [-0.4, -0.2) is 139 Å². The highest BCUT2D eigenvalue weighted by molar-refractivity contribution is 6.39. The second-order valence-electron chi connectivity index (χ2n) is 23.7. The lowest BCUT2D eigenvalue weighted by atomic mass is 9.79. The Hall–Kier alpha value is -4.39. The number of ketones is 3.